The summed E-state index contributed by atoms with van der Waals surface area (Å²) in [4.78, 5) is 15.8. The van der Waals surface area contributed by atoms with Crippen LogP contribution in [0.5, 0.6) is 0 Å². The summed E-state index contributed by atoms with van der Waals surface area (Å²) < 4.78 is 12.2. The van der Waals surface area contributed by atoms with Gasteiger partial charge in [0.05, 0.1) is 6.61 Å². The van der Waals surface area contributed by atoms with Crippen LogP contribution in [-0.2, 0) is 11.8 Å². The van der Waals surface area contributed by atoms with Crippen molar-refractivity contribution in [1.82, 2.24) is 20.0 Å². The minimum atomic E-state index is -0.196. The molecule has 1 fully saturated rings. The van der Waals surface area contributed by atoms with Gasteiger partial charge < -0.3 is 19.1 Å². The molecule has 0 aromatic carbocycles. The molecule has 1 aliphatic rings. The summed E-state index contributed by atoms with van der Waals surface area (Å²) in [7, 11) is 1.69. The molecule has 19 heavy (non-hydrogen) atoms. The zero-order valence-corrected chi connectivity index (χ0v) is 10.5. The topological polar surface area (TPSA) is 82.2 Å². The minimum Gasteiger partial charge on any atom is -0.367 e. The van der Waals surface area contributed by atoms with Crippen LogP contribution in [-0.4, -0.2) is 34.4 Å². The molecule has 1 atom stereocenters. The number of morpholine rings is 1. The van der Waals surface area contributed by atoms with E-state index in [-0.39, 0.29) is 11.7 Å². The highest BCUT2D eigenvalue weighted by atomic mass is 16.5. The van der Waals surface area contributed by atoms with E-state index in [1.54, 1.807) is 19.3 Å². The van der Waals surface area contributed by atoms with Crippen molar-refractivity contribution in [3.8, 4) is 11.5 Å². The molecule has 0 bridgehead atoms. The monoisotopic (exact) mass is 262 g/mol. The van der Waals surface area contributed by atoms with Crippen LogP contribution in [0.4, 0.5) is 0 Å². The van der Waals surface area contributed by atoms with Gasteiger partial charge in [-0.2, -0.15) is 4.98 Å². The molecule has 1 saturated heterocycles. The maximum Gasteiger partial charge on any atom is 0.258 e. The first-order valence-electron chi connectivity index (χ1n) is 6.07. The standard InChI is InChI=1S/C12H14N4O3/c1-16-4-2-8(6-10(16)17)12-14-11(15-19-12)9-7-13-3-5-18-9/h2,4,6,9,13H,3,5,7H2,1H3. The maximum atomic E-state index is 11.6. The Hall–Kier alpha value is -1.99. The van der Waals surface area contributed by atoms with E-state index >= 15 is 0 Å². The molecule has 3 heterocycles. The fourth-order valence-electron chi connectivity index (χ4n) is 1.90. The third-order valence-corrected chi connectivity index (χ3v) is 3.01. The molecule has 0 radical (unpaired) electrons. The van der Waals surface area contributed by atoms with Crippen LogP contribution < -0.4 is 10.9 Å². The van der Waals surface area contributed by atoms with Crippen LogP contribution in [0.15, 0.2) is 27.6 Å². The van der Waals surface area contributed by atoms with E-state index in [9.17, 15) is 4.79 Å². The van der Waals surface area contributed by atoms with Gasteiger partial charge in [0, 0.05) is 38.0 Å². The first-order chi connectivity index (χ1) is 9.24. The number of ether oxygens (including phenoxy) is 1. The molecule has 7 heteroatoms. The SMILES string of the molecule is Cn1ccc(-c2nc(C3CNCCO3)no2)cc1=O. The minimum absolute atomic E-state index is 0.118. The lowest BCUT2D eigenvalue weighted by Gasteiger charge is -2.20. The summed E-state index contributed by atoms with van der Waals surface area (Å²) >= 11 is 0. The summed E-state index contributed by atoms with van der Waals surface area (Å²) in [5.41, 5.74) is 0.499. The van der Waals surface area contributed by atoms with Crippen LogP contribution in [0.3, 0.4) is 0 Å². The summed E-state index contributed by atoms with van der Waals surface area (Å²) in [6.07, 6.45) is 1.47. The first kappa shape index (κ1) is 12.1. The molecule has 0 amide bonds. The van der Waals surface area contributed by atoms with Crippen molar-refractivity contribution in [1.29, 1.82) is 0 Å². The highest BCUT2D eigenvalue weighted by Gasteiger charge is 2.22. The highest BCUT2D eigenvalue weighted by molar-refractivity contribution is 5.51. The summed E-state index contributed by atoms with van der Waals surface area (Å²) in [5, 5.41) is 7.11. The van der Waals surface area contributed by atoms with E-state index in [0.29, 0.717) is 30.4 Å². The van der Waals surface area contributed by atoms with E-state index in [0.717, 1.165) is 6.54 Å². The molecule has 3 rings (SSSR count). The highest BCUT2D eigenvalue weighted by Crippen LogP contribution is 2.20. The van der Waals surface area contributed by atoms with Gasteiger partial charge in [-0.15, -0.1) is 0 Å². The Morgan fingerprint density at radius 3 is 3.16 bits per heavy atom. The van der Waals surface area contributed by atoms with Gasteiger partial charge in [-0.05, 0) is 6.07 Å². The molecular weight excluding hydrogens is 248 g/mol. The quantitative estimate of drug-likeness (QED) is 0.826. The number of hydrogen-bond acceptors (Lipinski definition) is 6. The van der Waals surface area contributed by atoms with Gasteiger partial charge in [-0.1, -0.05) is 5.16 Å². The normalized spacial score (nSPS) is 19.5. The average Bonchev–Trinajstić information content (AvgIpc) is 2.93. The van der Waals surface area contributed by atoms with Crippen molar-refractivity contribution >= 4 is 0 Å². The lowest BCUT2D eigenvalue weighted by Crippen LogP contribution is -2.33. The van der Waals surface area contributed by atoms with E-state index in [4.69, 9.17) is 9.26 Å². The summed E-state index contributed by atoms with van der Waals surface area (Å²) in [6, 6.07) is 3.23. The van der Waals surface area contributed by atoms with E-state index in [1.807, 2.05) is 0 Å². The second kappa shape index (κ2) is 4.94. The van der Waals surface area contributed by atoms with Gasteiger partial charge in [0.25, 0.3) is 11.4 Å². The molecule has 1 N–H and O–H groups in total. The number of aryl methyl sites for hydroxylation is 1. The lowest BCUT2D eigenvalue weighted by atomic mass is 10.2. The number of rotatable bonds is 2. The Balaban J connectivity index is 1.87. The van der Waals surface area contributed by atoms with Crippen LogP contribution >= 0.6 is 0 Å². The fraction of sp³-hybridized carbons (Fsp3) is 0.417. The van der Waals surface area contributed by atoms with Crippen molar-refractivity contribution in [3.63, 3.8) is 0 Å². The van der Waals surface area contributed by atoms with E-state index < -0.39 is 0 Å². The third-order valence-electron chi connectivity index (χ3n) is 3.01. The second-order valence-electron chi connectivity index (χ2n) is 4.39. The van der Waals surface area contributed by atoms with Crippen molar-refractivity contribution in [2.24, 2.45) is 7.05 Å². The number of aromatic nitrogens is 3. The first-order valence-corrected chi connectivity index (χ1v) is 6.07. The number of hydrogen-bond donors (Lipinski definition) is 1. The molecule has 2 aromatic rings. The molecular formula is C12H14N4O3. The Bertz CT molecular complexity index is 628. The van der Waals surface area contributed by atoms with Crippen molar-refractivity contribution < 1.29 is 9.26 Å². The van der Waals surface area contributed by atoms with E-state index in [1.165, 1.54) is 10.6 Å². The average molecular weight is 262 g/mol. The van der Waals surface area contributed by atoms with Crippen molar-refractivity contribution in [3.05, 3.63) is 34.5 Å². The Kier molecular flexibility index (Phi) is 3.14. The zero-order valence-electron chi connectivity index (χ0n) is 10.5. The Morgan fingerprint density at radius 2 is 2.42 bits per heavy atom. The van der Waals surface area contributed by atoms with Gasteiger partial charge in [0.1, 0.15) is 6.10 Å². The lowest BCUT2D eigenvalue weighted by molar-refractivity contribution is 0.0208. The second-order valence-corrected chi connectivity index (χ2v) is 4.39. The third kappa shape index (κ3) is 2.42. The number of nitrogens with one attached hydrogen (secondary N) is 1. The molecule has 1 aliphatic heterocycles. The molecule has 1 unspecified atom stereocenters. The van der Waals surface area contributed by atoms with Crippen LogP contribution in [0.25, 0.3) is 11.5 Å². The van der Waals surface area contributed by atoms with Gasteiger partial charge in [-0.3, -0.25) is 4.79 Å². The smallest absolute Gasteiger partial charge is 0.258 e. The van der Waals surface area contributed by atoms with Crippen LogP contribution in [0.2, 0.25) is 0 Å². The summed E-state index contributed by atoms with van der Waals surface area (Å²) in [5.74, 6) is 0.838. The molecule has 0 saturated carbocycles. The zero-order chi connectivity index (χ0) is 13.2. The van der Waals surface area contributed by atoms with E-state index in [2.05, 4.69) is 15.5 Å². The molecule has 0 spiro atoms. The van der Waals surface area contributed by atoms with Crippen LogP contribution in [0, 0.1) is 0 Å². The van der Waals surface area contributed by atoms with Crippen LogP contribution in [0.1, 0.15) is 11.9 Å². The Morgan fingerprint density at radius 1 is 1.53 bits per heavy atom. The Labute approximate surface area is 109 Å². The van der Waals surface area contributed by atoms with Gasteiger partial charge in [-0.25, -0.2) is 0 Å². The molecule has 7 nitrogen and oxygen atoms in total. The largest absolute Gasteiger partial charge is 0.367 e. The molecule has 100 valence electrons. The molecule has 0 aliphatic carbocycles. The van der Waals surface area contributed by atoms with Gasteiger partial charge in [0.15, 0.2) is 0 Å². The summed E-state index contributed by atoms with van der Waals surface area (Å²) in [6.45, 7) is 2.12. The van der Waals surface area contributed by atoms with Gasteiger partial charge in [0.2, 0.25) is 5.82 Å². The fourth-order valence-corrected chi connectivity index (χ4v) is 1.90. The maximum absolute atomic E-state index is 11.6. The van der Waals surface area contributed by atoms with Crippen molar-refractivity contribution in [2.45, 2.75) is 6.10 Å². The van der Waals surface area contributed by atoms with Crippen molar-refractivity contribution in [2.75, 3.05) is 19.7 Å². The van der Waals surface area contributed by atoms with Gasteiger partial charge >= 0.3 is 0 Å². The predicted molar refractivity (Wildman–Crippen MR) is 66.5 cm³/mol. The molecule has 2 aromatic heterocycles. The number of pyridine rings is 1. The predicted octanol–water partition coefficient (Wildman–Crippen LogP) is 0.0962. The number of nitrogens with zero attached hydrogens (tertiary/aromatic N) is 3.